The molecule has 1 aromatic heterocycles. The number of thioether (sulfide) groups is 1. The molecule has 0 saturated carbocycles. The van der Waals surface area contributed by atoms with Crippen LogP contribution in [0.25, 0.3) is 11.5 Å². The molecule has 6 heteroatoms. The van der Waals surface area contributed by atoms with E-state index < -0.39 is 0 Å². The van der Waals surface area contributed by atoms with Gasteiger partial charge in [-0.3, -0.25) is 0 Å². The molecule has 0 aliphatic rings. The Morgan fingerprint density at radius 1 is 1.09 bits per heavy atom. The second-order valence-electron chi connectivity index (χ2n) is 4.84. The molecule has 0 amide bonds. The quantitative estimate of drug-likeness (QED) is 0.470. The lowest BCUT2D eigenvalue weighted by molar-refractivity contribution is 0.343. The van der Waals surface area contributed by atoms with Crippen LogP contribution >= 0.6 is 23.4 Å². The van der Waals surface area contributed by atoms with E-state index in [1.54, 1.807) is 12.1 Å². The highest BCUT2D eigenvalue weighted by Crippen LogP contribution is 2.25. The van der Waals surface area contributed by atoms with Crippen molar-refractivity contribution < 1.29 is 9.15 Å². The molecular weight excluding hydrogens is 332 g/mol. The van der Waals surface area contributed by atoms with Crippen LogP contribution in [-0.2, 0) is 0 Å². The Bertz CT molecular complexity index is 774. The predicted molar refractivity (Wildman–Crippen MR) is 92.1 cm³/mol. The van der Waals surface area contributed by atoms with Gasteiger partial charge in [-0.2, -0.15) is 0 Å². The van der Waals surface area contributed by atoms with Gasteiger partial charge >= 0.3 is 0 Å². The first-order valence-corrected chi connectivity index (χ1v) is 8.49. The lowest BCUT2D eigenvalue weighted by Gasteiger charge is -2.04. The van der Waals surface area contributed by atoms with Crippen LogP contribution in [-0.4, -0.2) is 22.6 Å². The van der Waals surface area contributed by atoms with Gasteiger partial charge in [0.15, 0.2) is 0 Å². The molecule has 0 bridgehead atoms. The molecule has 0 unspecified atom stereocenters. The molecule has 1 heterocycles. The predicted octanol–water partition coefficient (Wildman–Crippen LogP) is 4.87. The van der Waals surface area contributed by atoms with Crippen molar-refractivity contribution in [1.82, 2.24) is 10.2 Å². The largest absolute Gasteiger partial charge is 0.493 e. The number of benzene rings is 2. The number of hydrogen-bond donors (Lipinski definition) is 0. The highest BCUT2D eigenvalue weighted by atomic mass is 35.5. The maximum absolute atomic E-state index is 5.83. The molecule has 3 rings (SSSR count). The number of nitrogens with zero attached hydrogens (tertiary/aromatic N) is 2. The van der Waals surface area contributed by atoms with Crippen molar-refractivity contribution in [3.05, 3.63) is 59.1 Å². The van der Waals surface area contributed by atoms with Crippen LogP contribution in [0.1, 0.15) is 5.56 Å². The number of hydrogen-bond acceptors (Lipinski definition) is 5. The van der Waals surface area contributed by atoms with Gasteiger partial charge in [-0.05, 0) is 42.8 Å². The van der Waals surface area contributed by atoms with E-state index in [1.165, 1.54) is 11.8 Å². The summed E-state index contributed by atoms with van der Waals surface area (Å²) in [4.78, 5) is 0. The number of aromatic nitrogens is 2. The van der Waals surface area contributed by atoms with Gasteiger partial charge in [0, 0.05) is 16.3 Å². The van der Waals surface area contributed by atoms with E-state index in [2.05, 4.69) is 10.2 Å². The smallest absolute Gasteiger partial charge is 0.276 e. The fourth-order valence-electron chi connectivity index (χ4n) is 2.01. The Hall–Kier alpha value is -1.98. The van der Waals surface area contributed by atoms with Gasteiger partial charge in [-0.15, -0.1) is 10.2 Å². The third-order valence-corrected chi connectivity index (χ3v) is 4.21. The number of aryl methyl sites for hydroxylation is 1. The molecule has 0 N–H and O–H groups in total. The summed E-state index contributed by atoms with van der Waals surface area (Å²) in [5, 5.41) is 9.40. The molecule has 0 saturated heterocycles. The molecule has 2 aromatic carbocycles. The maximum atomic E-state index is 5.83. The third-order valence-electron chi connectivity index (χ3n) is 3.17. The summed E-state index contributed by atoms with van der Waals surface area (Å²) in [7, 11) is 0. The number of rotatable bonds is 6. The first kappa shape index (κ1) is 15.9. The van der Waals surface area contributed by atoms with E-state index in [9.17, 15) is 0 Å². The van der Waals surface area contributed by atoms with Crippen molar-refractivity contribution >= 4 is 23.4 Å². The standard InChI is InChI=1S/C17H15ClN2O2S/c1-12-4-2-3-5-15(12)16-19-20-17(22-16)23-11-10-21-14-8-6-13(18)7-9-14/h2-9H,10-11H2,1H3. The lowest BCUT2D eigenvalue weighted by Crippen LogP contribution is -1.99. The van der Waals surface area contributed by atoms with Crippen LogP contribution in [0.3, 0.4) is 0 Å². The molecule has 0 aliphatic carbocycles. The summed E-state index contributed by atoms with van der Waals surface area (Å²) >= 11 is 7.30. The van der Waals surface area contributed by atoms with Crippen LogP contribution in [0, 0.1) is 6.92 Å². The van der Waals surface area contributed by atoms with Gasteiger partial charge in [0.05, 0.1) is 6.61 Å². The minimum Gasteiger partial charge on any atom is -0.493 e. The summed E-state index contributed by atoms with van der Waals surface area (Å²) in [5.41, 5.74) is 2.07. The van der Waals surface area contributed by atoms with E-state index in [1.807, 2.05) is 43.3 Å². The molecule has 0 fully saturated rings. The molecular formula is C17H15ClN2O2S. The zero-order valence-corrected chi connectivity index (χ0v) is 14.1. The molecule has 0 atom stereocenters. The summed E-state index contributed by atoms with van der Waals surface area (Å²) in [6, 6.07) is 15.2. The van der Waals surface area contributed by atoms with Gasteiger partial charge in [-0.25, -0.2) is 0 Å². The first-order valence-electron chi connectivity index (χ1n) is 7.13. The topological polar surface area (TPSA) is 48.2 Å². The van der Waals surface area contributed by atoms with Crippen LogP contribution < -0.4 is 4.74 Å². The normalized spacial score (nSPS) is 10.7. The van der Waals surface area contributed by atoms with Crippen molar-refractivity contribution in [2.75, 3.05) is 12.4 Å². The van der Waals surface area contributed by atoms with Gasteiger partial charge in [0.2, 0.25) is 5.89 Å². The Labute approximate surface area is 143 Å². The molecule has 118 valence electrons. The number of halogens is 1. The highest BCUT2D eigenvalue weighted by molar-refractivity contribution is 7.99. The first-order chi connectivity index (χ1) is 11.2. The van der Waals surface area contributed by atoms with Crippen LogP contribution in [0.5, 0.6) is 5.75 Å². The zero-order valence-electron chi connectivity index (χ0n) is 12.5. The molecule has 23 heavy (non-hydrogen) atoms. The summed E-state index contributed by atoms with van der Waals surface area (Å²) in [6.45, 7) is 2.57. The average molecular weight is 347 g/mol. The molecule has 3 aromatic rings. The van der Waals surface area contributed by atoms with Gasteiger partial charge in [0.25, 0.3) is 5.22 Å². The summed E-state index contributed by atoms with van der Waals surface area (Å²) in [5.74, 6) is 2.06. The third kappa shape index (κ3) is 4.27. The van der Waals surface area contributed by atoms with E-state index in [0.29, 0.717) is 22.7 Å². The number of ether oxygens (including phenoxy) is 1. The molecule has 0 spiro atoms. The second-order valence-corrected chi connectivity index (χ2v) is 6.32. The maximum Gasteiger partial charge on any atom is 0.276 e. The van der Waals surface area contributed by atoms with Crippen molar-refractivity contribution in [1.29, 1.82) is 0 Å². The van der Waals surface area contributed by atoms with E-state index in [-0.39, 0.29) is 0 Å². The zero-order chi connectivity index (χ0) is 16.1. The monoisotopic (exact) mass is 346 g/mol. The molecule has 0 aliphatic heterocycles. The Morgan fingerprint density at radius 2 is 1.87 bits per heavy atom. The average Bonchev–Trinajstić information content (AvgIpc) is 3.02. The van der Waals surface area contributed by atoms with E-state index in [0.717, 1.165) is 22.6 Å². The Balaban J connectivity index is 1.52. The van der Waals surface area contributed by atoms with Crippen LogP contribution in [0.15, 0.2) is 58.2 Å². The van der Waals surface area contributed by atoms with Crippen molar-refractivity contribution in [3.63, 3.8) is 0 Å². The Kier molecular flexibility index (Phi) is 5.20. The van der Waals surface area contributed by atoms with Crippen molar-refractivity contribution in [3.8, 4) is 17.2 Å². The summed E-state index contributed by atoms with van der Waals surface area (Å²) in [6.07, 6.45) is 0. The minimum atomic E-state index is 0.544. The van der Waals surface area contributed by atoms with E-state index >= 15 is 0 Å². The van der Waals surface area contributed by atoms with E-state index in [4.69, 9.17) is 20.8 Å². The SMILES string of the molecule is Cc1ccccc1-c1nnc(SCCOc2ccc(Cl)cc2)o1. The Morgan fingerprint density at radius 3 is 2.65 bits per heavy atom. The second kappa shape index (κ2) is 7.53. The van der Waals surface area contributed by atoms with Crippen molar-refractivity contribution in [2.45, 2.75) is 12.1 Å². The minimum absolute atomic E-state index is 0.544. The fourth-order valence-corrected chi connectivity index (χ4v) is 2.71. The van der Waals surface area contributed by atoms with Gasteiger partial charge in [-0.1, -0.05) is 41.6 Å². The molecule has 0 radical (unpaired) electrons. The van der Waals surface area contributed by atoms with Gasteiger partial charge < -0.3 is 9.15 Å². The molecule has 4 nitrogen and oxygen atoms in total. The van der Waals surface area contributed by atoms with Gasteiger partial charge in [0.1, 0.15) is 5.75 Å². The fraction of sp³-hybridized carbons (Fsp3) is 0.176. The van der Waals surface area contributed by atoms with Crippen LogP contribution in [0.2, 0.25) is 5.02 Å². The van der Waals surface area contributed by atoms with Crippen LogP contribution in [0.4, 0.5) is 0 Å². The van der Waals surface area contributed by atoms with Crippen molar-refractivity contribution in [2.24, 2.45) is 0 Å². The highest BCUT2D eigenvalue weighted by Gasteiger charge is 2.10. The summed E-state index contributed by atoms with van der Waals surface area (Å²) < 4.78 is 11.3. The lowest BCUT2D eigenvalue weighted by atomic mass is 10.1.